The zero-order valence-corrected chi connectivity index (χ0v) is 12.0. The molecule has 0 fully saturated rings. The van der Waals surface area contributed by atoms with Crippen molar-refractivity contribution in [1.82, 2.24) is 0 Å². The van der Waals surface area contributed by atoms with E-state index in [0.717, 1.165) is 11.8 Å². The molecule has 0 heterocycles. The Hall–Kier alpha value is -2.00. The highest BCUT2D eigenvalue weighted by atomic mass is 32.2. The first kappa shape index (κ1) is 16.1. The van der Waals surface area contributed by atoms with Crippen molar-refractivity contribution in [2.24, 2.45) is 5.73 Å². The standard InChI is InChI=1S/C14H17NO4S/c1-3-10-19-12-7-4-11(5-8-12)6-9-13(14(15)16)20(2,17)18/h1,4-5,7-8,13H,6,9-10H2,2H3,(H2,15,16). The van der Waals surface area contributed by atoms with Crippen LogP contribution in [0.25, 0.3) is 0 Å². The smallest absolute Gasteiger partial charge is 0.235 e. The Bertz CT molecular complexity index is 599. The van der Waals surface area contributed by atoms with E-state index < -0.39 is 21.0 Å². The van der Waals surface area contributed by atoms with Crippen LogP contribution in [0.5, 0.6) is 5.75 Å². The molecule has 1 atom stereocenters. The molecule has 5 nitrogen and oxygen atoms in total. The number of sulfone groups is 1. The van der Waals surface area contributed by atoms with E-state index in [1.54, 1.807) is 24.3 Å². The first-order chi connectivity index (χ1) is 9.34. The van der Waals surface area contributed by atoms with Crippen LogP contribution in [-0.4, -0.2) is 32.4 Å². The number of hydrogen-bond donors (Lipinski definition) is 1. The van der Waals surface area contributed by atoms with Crippen molar-refractivity contribution in [2.45, 2.75) is 18.1 Å². The highest BCUT2D eigenvalue weighted by Gasteiger charge is 2.26. The average molecular weight is 295 g/mol. The number of nitrogens with two attached hydrogens (primary N) is 1. The Balaban J connectivity index is 2.65. The fourth-order valence-corrected chi connectivity index (χ4v) is 2.71. The fraction of sp³-hybridized carbons (Fsp3) is 0.357. The number of primary amides is 1. The Morgan fingerprint density at radius 1 is 1.40 bits per heavy atom. The van der Waals surface area contributed by atoms with Crippen molar-refractivity contribution >= 4 is 15.7 Å². The van der Waals surface area contributed by atoms with Gasteiger partial charge in [0.25, 0.3) is 0 Å². The largest absolute Gasteiger partial charge is 0.481 e. The Morgan fingerprint density at radius 3 is 2.45 bits per heavy atom. The lowest BCUT2D eigenvalue weighted by molar-refractivity contribution is -0.117. The highest BCUT2D eigenvalue weighted by molar-refractivity contribution is 7.92. The van der Waals surface area contributed by atoms with Gasteiger partial charge in [-0.15, -0.1) is 6.42 Å². The molecule has 1 rings (SSSR count). The van der Waals surface area contributed by atoms with Gasteiger partial charge in [-0.05, 0) is 30.5 Å². The third-order valence-corrected chi connectivity index (χ3v) is 4.28. The van der Waals surface area contributed by atoms with E-state index in [-0.39, 0.29) is 13.0 Å². The van der Waals surface area contributed by atoms with Gasteiger partial charge in [0.1, 0.15) is 17.6 Å². The number of benzene rings is 1. The molecular weight excluding hydrogens is 278 g/mol. The molecular formula is C14H17NO4S. The second kappa shape index (κ2) is 6.96. The number of amides is 1. The number of terminal acetylenes is 1. The van der Waals surface area contributed by atoms with E-state index in [1.807, 2.05) is 0 Å². The van der Waals surface area contributed by atoms with Gasteiger partial charge in [0, 0.05) is 6.26 Å². The number of rotatable bonds is 7. The molecule has 0 spiro atoms. The Kier molecular flexibility index (Phi) is 5.59. The van der Waals surface area contributed by atoms with E-state index in [0.29, 0.717) is 12.2 Å². The van der Waals surface area contributed by atoms with Gasteiger partial charge in [-0.1, -0.05) is 18.1 Å². The van der Waals surface area contributed by atoms with Crippen molar-refractivity contribution in [3.63, 3.8) is 0 Å². The summed E-state index contributed by atoms with van der Waals surface area (Å²) in [5.41, 5.74) is 6.01. The minimum Gasteiger partial charge on any atom is -0.481 e. The molecule has 0 aromatic heterocycles. The molecule has 1 amide bonds. The van der Waals surface area contributed by atoms with E-state index in [2.05, 4.69) is 5.92 Å². The maximum absolute atomic E-state index is 11.4. The van der Waals surface area contributed by atoms with Crippen LogP contribution in [0.4, 0.5) is 0 Å². The summed E-state index contributed by atoms with van der Waals surface area (Å²) in [4.78, 5) is 11.1. The quantitative estimate of drug-likeness (QED) is 0.743. The SMILES string of the molecule is C#CCOc1ccc(CCC(C(N)=O)S(C)(=O)=O)cc1. The molecule has 6 heteroatoms. The Labute approximate surface area is 119 Å². The van der Waals surface area contributed by atoms with Gasteiger partial charge < -0.3 is 10.5 Å². The average Bonchev–Trinajstić information content (AvgIpc) is 2.36. The van der Waals surface area contributed by atoms with E-state index in [1.165, 1.54) is 0 Å². The van der Waals surface area contributed by atoms with Crippen molar-refractivity contribution in [3.8, 4) is 18.1 Å². The first-order valence-corrected chi connectivity index (χ1v) is 7.93. The molecule has 1 unspecified atom stereocenters. The van der Waals surface area contributed by atoms with Crippen LogP contribution in [0.2, 0.25) is 0 Å². The topological polar surface area (TPSA) is 86.5 Å². The van der Waals surface area contributed by atoms with Gasteiger partial charge in [0.2, 0.25) is 5.91 Å². The number of carbonyl (C=O) groups excluding carboxylic acids is 1. The van der Waals surface area contributed by atoms with Gasteiger partial charge in [-0.25, -0.2) is 8.42 Å². The van der Waals surface area contributed by atoms with E-state index >= 15 is 0 Å². The van der Waals surface area contributed by atoms with E-state index in [9.17, 15) is 13.2 Å². The zero-order chi connectivity index (χ0) is 15.2. The van der Waals surface area contributed by atoms with Crippen LogP contribution in [0.1, 0.15) is 12.0 Å². The van der Waals surface area contributed by atoms with Crippen LogP contribution in [-0.2, 0) is 21.1 Å². The summed E-state index contributed by atoms with van der Waals surface area (Å²) in [6.07, 6.45) is 6.70. The lowest BCUT2D eigenvalue weighted by Crippen LogP contribution is -2.35. The van der Waals surface area contributed by atoms with Crippen LogP contribution < -0.4 is 10.5 Å². The highest BCUT2D eigenvalue weighted by Crippen LogP contribution is 2.15. The van der Waals surface area contributed by atoms with Gasteiger partial charge >= 0.3 is 0 Å². The monoisotopic (exact) mass is 295 g/mol. The summed E-state index contributed by atoms with van der Waals surface area (Å²) in [6.45, 7) is 0.192. The number of hydrogen-bond acceptors (Lipinski definition) is 4. The molecule has 0 saturated carbocycles. The lowest BCUT2D eigenvalue weighted by Gasteiger charge is -2.11. The molecule has 0 aliphatic heterocycles. The third-order valence-electron chi connectivity index (χ3n) is 2.77. The number of aryl methyl sites for hydroxylation is 1. The molecule has 0 bridgehead atoms. The zero-order valence-electron chi connectivity index (χ0n) is 11.2. The van der Waals surface area contributed by atoms with Crippen molar-refractivity contribution in [2.75, 3.05) is 12.9 Å². The maximum Gasteiger partial charge on any atom is 0.235 e. The summed E-state index contributed by atoms with van der Waals surface area (Å²) in [6, 6.07) is 7.08. The minimum absolute atomic E-state index is 0.165. The molecule has 0 aliphatic rings. The predicted molar refractivity (Wildman–Crippen MR) is 76.9 cm³/mol. The van der Waals surface area contributed by atoms with Gasteiger partial charge in [0.05, 0.1) is 0 Å². The molecule has 0 aliphatic carbocycles. The van der Waals surface area contributed by atoms with Crippen molar-refractivity contribution < 1.29 is 17.9 Å². The van der Waals surface area contributed by atoms with Crippen LogP contribution in [0.3, 0.4) is 0 Å². The van der Waals surface area contributed by atoms with Crippen LogP contribution in [0, 0.1) is 12.3 Å². The van der Waals surface area contributed by atoms with E-state index in [4.69, 9.17) is 16.9 Å². The number of carbonyl (C=O) groups is 1. The van der Waals surface area contributed by atoms with Crippen LogP contribution in [0.15, 0.2) is 24.3 Å². The molecule has 1 aromatic rings. The summed E-state index contributed by atoms with van der Waals surface area (Å²) in [7, 11) is -3.48. The molecule has 1 aromatic carbocycles. The maximum atomic E-state index is 11.4. The number of ether oxygens (including phenoxy) is 1. The predicted octanol–water partition coefficient (Wildman–Crippen LogP) is 0.530. The third kappa shape index (κ3) is 4.94. The van der Waals surface area contributed by atoms with Gasteiger partial charge in [-0.3, -0.25) is 4.79 Å². The van der Waals surface area contributed by atoms with Crippen molar-refractivity contribution in [1.29, 1.82) is 0 Å². The molecule has 108 valence electrons. The second-order valence-corrected chi connectivity index (χ2v) is 6.62. The summed E-state index contributed by atoms with van der Waals surface area (Å²) >= 11 is 0. The second-order valence-electron chi connectivity index (χ2n) is 4.40. The van der Waals surface area contributed by atoms with Gasteiger partial charge in [-0.2, -0.15) is 0 Å². The molecule has 0 radical (unpaired) electrons. The molecule has 2 N–H and O–H groups in total. The summed E-state index contributed by atoms with van der Waals surface area (Å²) < 4.78 is 28.1. The summed E-state index contributed by atoms with van der Waals surface area (Å²) in [5.74, 6) is 2.18. The minimum atomic E-state index is -3.48. The first-order valence-electron chi connectivity index (χ1n) is 5.98. The summed E-state index contributed by atoms with van der Waals surface area (Å²) in [5, 5.41) is -1.15. The molecule has 0 saturated heterocycles. The Morgan fingerprint density at radius 2 is 2.00 bits per heavy atom. The lowest BCUT2D eigenvalue weighted by atomic mass is 10.1. The molecule has 20 heavy (non-hydrogen) atoms. The van der Waals surface area contributed by atoms with Crippen LogP contribution >= 0.6 is 0 Å². The van der Waals surface area contributed by atoms with Gasteiger partial charge in [0.15, 0.2) is 9.84 Å². The van der Waals surface area contributed by atoms with Crippen molar-refractivity contribution in [3.05, 3.63) is 29.8 Å². The normalized spacial score (nSPS) is 12.4. The fourth-order valence-electron chi connectivity index (χ4n) is 1.74.